The number of nitro groups is 1. The smallest absolute Gasteiger partial charge is 0.293 e. The Morgan fingerprint density at radius 1 is 1.50 bits per heavy atom. The van der Waals surface area contributed by atoms with Crippen molar-refractivity contribution in [3.63, 3.8) is 0 Å². The lowest BCUT2D eigenvalue weighted by molar-refractivity contribution is -0.384. The Bertz CT molecular complexity index is 598. The predicted molar refractivity (Wildman–Crippen MR) is 65.1 cm³/mol. The van der Waals surface area contributed by atoms with Crippen molar-refractivity contribution in [2.45, 2.75) is 0 Å². The number of benzene rings is 1. The van der Waals surface area contributed by atoms with Gasteiger partial charge in [-0.15, -0.1) is 0 Å². The third-order valence-electron chi connectivity index (χ3n) is 2.04. The molecule has 0 radical (unpaired) electrons. The zero-order valence-corrected chi connectivity index (χ0v) is 10.3. The van der Waals surface area contributed by atoms with Gasteiger partial charge in [0.25, 0.3) is 11.6 Å². The molecule has 0 spiro atoms. The number of nitro benzene ring substituents is 1. The Labute approximate surface area is 109 Å². The van der Waals surface area contributed by atoms with Gasteiger partial charge in [-0.1, -0.05) is 0 Å². The summed E-state index contributed by atoms with van der Waals surface area (Å²) < 4.78 is 0.407. The lowest BCUT2D eigenvalue weighted by Gasteiger charge is -2.05. The quantitative estimate of drug-likeness (QED) is 0.661. The maximum atomic E-state index is 11.6. The van der Waals surface area contributed by atoms with E-state index in [0.29, 0.717) is 10.2 Å². The number of hydrogen-bond acceptors (Lipinski definition) is 5. The Hall–Kier alpha value is -2.29. The highest BCUT2D eigenvalue weighted by atomic mass is 79.9. The van der Waals surface area contributed by atoms with Crippen molar-refractivity contribution >= 4 is 33.2 Å². The second-order valence-electron chi connectivity index (χ2n) is 3.21. The highest BCUT2D eigenvalue weighted by Crippen LogP contribution is 2.27. The molecule has 0 fully saturated rings. The Kier molecular flexibility index (Phi) is 3.33. The summed E-state index contributed by atoms with van der Waals surface area (Å²) in [5, 5.41) is 19.0. The molecule has 8 nitrogen and oxygen atoms in total. The van der Waals surface area contributed by atoms with Crippen molar-refractivity contribution in [3.8, 4) is 0 Å². The molecule has 0 atom stereocenters. The van der Waals surface area contributed by atoms with Gasteiger partial charge in [-0.05, 0) is 22.0 Å². The molecule has 2 aromatic rings. The number of carbonyl (C=O) groups is 1. The van der Waals surface area contributed by atoms with E-state index in [0.717, 1.165) is 0 Å². The molecule has 18 heavy (non-hydrogen) atoms. The van der Waals surface area contributed by atoms with Crippen LogP contribution in [0.3, 0.4) is 0 Å². The van der Waals surface area contributed by atoms with Gasteiger partial charge in [-0.2, -0.15) is 5.10 Å². The molecule has 92 valence electrons. The van der Waals surface area contributed by atoms with Crippen LogP contribution in [0.25, 0.3) is 0 Å². The first-order chi connectivity index (χ1) is 8.58. The summed E-state index contributed by atoms with van der Waals surface area (Å²) in [6.07, 6.45) is 1.21. The molecule has 0 aliphatic carbocycles. The summed E-state index contributed by atoms with van der Waals surface area (Å²) in [7, 11) is 0. The number of nitrogens with zero attached hydrogens (tertiary/aromatic N) is 3. The van der Waals surface area contributed by atoms with Gasteiger partial charge in [0.1, 0.15) is 6.33 Å². The fourth-order valence-corrected chi connectivity index (χ4v) is 1.68. The molecule has 0 saturated heterocycles. The zero-order valence-electron chi connectivity index (χ0n) is 8.75. The molecule has 9 heteroatoms. The third kappa shape index (κ3) is 2.51. The zero-order chi connectivity index (χ0) is 13.1. The van der Waals surface area contributed by atoms with Gasteiger partial charge in [0.15, 0.2) is 0 Å². The lowest BCUT2D eigenvalue weighted by Crippen LogP contribution is -2.14. The van der Waals surface area contributed by atoms with Crippen LogP contribution in [-0.4, -0.2) is 26.0 Å². The third-order valence-corrected chi connectivity index (χ3v) is 2.70. The first-order valence-electron chi connectivity index (χ1n) is 4.68. The van der Waals surface area contributed by atoms with Crippen LogP contribution >= 0.6 is 15.9 Å². The van der Waals surface area contributed by atoms with E-state index in [2.05, 4.69) is 36.4 Å². The van der Waals surface area contributed by atoms with Crippen LogP contribution in [-0.2, 0) is 0 Å². The summed E-state index contributed by atoms with van der Waals surface area (Å²) in [6, 6.07) is 4.02. The molecule has 2 N–H and O–H groups in total. The topological polar surface area (TPSA) is 114 Å². The summed E-state index contributed by atoms with van der Waals surface area (Å²) >= 11 is 3.14. The number of halogens is 1. The fourth-order valence-electron chi connectivity index (χ4n) is 1.22. The molecule has 1 aromatic carbocycles. The number of amides is 1. The van der Waals surface area contributed by atoms with Crippen LogP contribution in [0.15, 0.2) is 29.0 Å². The maximum absolute atomic E-state index is 11.6. The summed E-state index contributed by atoms with van der Waals surface area (Å²) in [4.78, 5) is 25.4. The molecular weight excluding hydrogens is 306 g/mol. The Morgan fingerprint density at radius 3 is 2.83 bits per heavy atom. The van der Waals surface area contributed by atoms with Crippen molar-refractivity contribution in [1.82, 2.24) is 15.2 Å². The van der Waals surface area contributed by atoms with Crippen LogP contribution in [0.2, 0.25) is 0 Å². The molecule has 1 amide bonds. The molecule has 0 aliphatic heterocycles. The van der Waals surface area contributed by atoms with Gasteiger partial charge in [0, 0.05) is 16.6 Å². The van der Waals surface area contributed by atoms with Crippen LogP contribution in [0.4, 0.5) is 11.4 Å². The van der Waals surface area contributed by atoms with E-state index in [9.17, 15) is 14.9 Å². The maximum Gasteiger partial charge on any atom is 0.293 e. The van der Waals surface area contributed by atoms with Gasteiger partial charge in [0.05, 0.1) is 10.6 Å². The van der Waals surface area contributed by atoms with Crippen molar-refractivity contribution in [2.24, 2.45) is 0 Å². The van der Waals surface area contributed by atoms with E-state index in [-0.39, 0.29) is 11.5 Å². The largest absolute Gasteiger partial charge is 0.318 e. The van der Waals surface area contributed by atoms with E-state index in [1.807, 2.05) is 0 Å². The number of aromatic amines is 1. The minimum atomic E-state index is -0.521. The molecule has 0 saturated carbocycles. The van der Waals surface area contributed by atoms with E-state index in [1.54, 1.807) is 0 Å². The minimum Gasteiger partial charge on any atom is -0.318 e. The Balaban J connectivity index is 2.20. The number of hydrogen-bond donors (Lipinski definition) is 2. The predicted octanol–water partition coefficient (Wildman–Crippen LogP) is 1.73. The molecule has 1 heterocycles. The van der Waals surface area contributed by atoms with Crippen molar-refractivity contribution in [2.75, 3.05) is 5.32 Å². The fraction of sp³-hybridized carbons (Fsp3) is 0. The van der Waals surface area contributed by atoms with E-state index >= 15 is 0 Å². The highest BCUT2D eigenvalue weighted by Gasteiger charge is 2.13. The minimum absolute atomic E-state index is 0.0558. The van der Waals surface area contributed by atoms with E-state index in [4.69, 9.17) is 0 Å². The standard InChI is InChI=1S/C9H6BrN5O3/c10-6-3-5(15(17)18)1-2-7(6)13-9(16)8-11-4-12-14-8/h1-4H,(H,13,16)(H,11,12,14). The number of nitrogens with one attached hydrogen (secondary N) is 2. The molecule has 0 unspecified atom stereocenters. The van der Waals surface area contributed by atoms with Crippen molar-refractivity contribution < 1.29 is 9.72 Å². The molecule has 0 aliphatic rings. The number of carbonyl (C=O) groups excluding carboxylic acids is 1. The van der Waals surface area contributed by atoms with Gasteiger partial charge < -0.3 is 5.32 Å². The van der Waals surface area contributed by atoms with E-state index in [1.165, 1.54) is 24.5 Å². The average molecular weight is 312 g/mol. The normalized spacial score (nSPS) is 10.1. The highest BCUT2D eigenvalue weighted by molar-refractivity contribution is 9.10. The molecule has 0 bridgehead atoms. The van der Waals surface area contributed by atoms with Crippen LogP contribution in [0.1, 0.15) is 10.6 Å². The second-order valence-corrected chi connectivity index (χ2v) is 4.06. The van der Waals surface area contributed by atoms with Crippen molar-refractivity contribution in [3.05, 3.63) is 44.9 Å². The monoisotopic (exact) mass is 311 g/mol. The van der Waals surface area contributed by atoms with Gasteiger partial charge in [-0.3, -0.25) is 20.0 Å². The lowest BCUT2D eigenvalue weighted by atomic mass is 10.3. The van der Waals surface area contributed by atoms with Gasteiger partial charge in [0.2, 0.25) is 5.82 Å². The number of anilines is 1. The van der Waals surface area contributed by atoms with Gasteiger partial charge in [-0.25, -0.2) is 4.98 Å². The number of rotatable bonds is 3. The summed E-state index contributed by atoms with van der Waals surface area (Å²) in [5.74, 6) is -0.428. The van der Waals surface area contributed by atoms with Gasteiger partial charge >= 0.3 is 0 Å². The first kappa shape index (κ1) is 12.2. The number of H-pyrrole nitrogens is 1. The number of non-ortho nitro benzene ring substituents is 1. The molecular formula is C9H6BrN5O3. The van der Waals surface area contributed by atoms with E-state index < -0.39 is 10.8 Å². The molecule has 2 rings (SSSR count). The summed E-state index contributed by atoms with van der Waals surface area (Å²) in [6.45, 7) is 0. The summed E-state index contributed by atoms with van der Waals surface area (Å²) in [5.41, 5.74) is 0.335. The van der Waals surface area contributed by atoms with Crippen LogP contribution in [0, 0.1) is 10.1 Å². The first-order valence-corrected chi connectivity index (χ1v) is 5.48. The van der Waals surface area contributed by atoms with Crippen molar-refractivity contribution in [1.29, 1.82) is 0 Å². The SMILES string of the molecule is O=C(Nc1ccc([N+](=O)[O-])cc1Br)c1ncn[nH]1. The van der Waals surface area contributed by atoms with Crippen LogP contribution in [0.5, 0.6) is 0 Å². The number of aromatic nitrogens is 3. The second kappa shape index (κ2) is 4.92. The molecule has 1 aromatic heterocycles. The average Bonchev–Trinajstić information content (AvgIpc) is 2.85. The Morgan fingerprint density at radius 2 is 2.28 bits per heavy atom. The van der Waals surface area contributed by atoms with Crippen LogP contribution < -0.4 is 5.32 Å².